The lowest BCUT2D eigenvalue weighted by Crippen LogP contribution is -2.68. The Bertz CT molecular complexity index is 962. The van der Waals surface area contributed by atoms with Gasteiger partial charge in [0, 0.05) is 17.2 Å². The molecule has 4 nitrogen and oxygen atoms in total. The minimum absolute atomic E-state index is 0.0489. The number of hydrogen-bond donors (Lipinski definition) is 0. The summed E-state index contributed by atoms with van der Waals surface area (Å²) in [5.74, 6) is 0.708. The molecule has 1 amide bonds. The number of carbonyl (C=O) groups is 1. The fourth-order valence-electron chi connectivity index (χ4n) is 3.67. The van der Waals surface area contributed by atoms with Gasteiger partial charge in [0.05, 0.1) is 7.11 Å². The van der Waals surface area contributed by atoms with E-state index in [1.807, 2.05) is 96.8 Å². The third-order valence-electron chi connectivity index (χ3n) is 4.97. The summed E-state index contributed by atoms with van der Waals surface area (Å²) in [5, 5.41) is 0. The van der Waals surface area contributed by atoms with Gasteiger partial charge in [0.1, 0.15) is 11.8 Å². The summed E-state index contributed by atoms with van der Waals surface area (Å²) in [6.45, 7) is 2.38. The SMILES string of the molecule is CCO[C@@]1(Sc2ccccc2)C(=O)N(c2ccc(OC)cc2)[C@@H]1c1ccccc1. The number of ether oxygens (including phenoxy) is 2. The first-order valence-electron chi connectivity index (χ1n) is 9.60. The number of anilines is 1. The second-order valence-corrected chi connectivity index (χ2v) is 7.98. The standard InChI is InChI=1S/C24H23NO3S/c1-3-28-24(29-21-12-8-5-9-13-21)22(18-10-6-4-7-11-18)25(23(24)26)19-14-16-20(27-2)17-15-19/h4-17,22H,3H2,1-2H3/t22-,24+/m1/s1. The van der Waals surface area contributed by atoms with Crippen LogP contribution in [0, 0.1) is 0 Å². The zero-order valence-electron chi connectivity index (χ0n) is 16.4. The molecule has 2 atom stereocenters. The Morgan fingerprint density at radius 2 is 1.55 bits per heavy atom. The van der Waals surface area contributed by atoms with Crippen LogP contribution in [0.2, 0.25) is 0 Å². The van der Waals surface area contributed by atoms with E-state index in [-0.39, 0.29) is 11.9 Å². The molecule has 3 aromatic rings. The molecule has 0 radical (unpaired) electrons. The Hall–Kier alpha value is -2.76. The van der Waals surface area contributed by atoms with Crippen molar-refractivity contribution in [1.29, 1.82) is 0 Å². The predicted molar refractivity (Wildman–Crippen MR) is 116 cm³/mol. The largest absolute Gasteiger partial charge is 0.497 e. The zero-order chi connectivity index (χ0) is 20.3. The molecule has 148 valence electrons. The van der Waals surface area contributed by atoms with Crippen molar-refractivity contribution in [3.63, 3.8) is 0 Å². The Labute approximate surface area is 175 Å². The molecule has 29 heavy (non-hydrogen) atoms. The van der Waals surface area contributed by atoms with Gasteiger partial charge in [-0.2, -0.15) is 0 Å². The van der Waals surface area contributed by atoms with Crippen molar-refractivity contribution in [1.82, 2.24) is 0 Å². The second kappa shape index (κ2) is 8.31. The van der Waals surface area contributed by atoms with Gasteiger partial charge in [0.25, 0.3) is 5.91 Å². The molecule has 0 unspecified atom stereocenters. The molecule has 3 aromatic carbocycles. The first-order chi connectivity index (χ1) is 14.2. The molecule has 0 spiro atoms. The van der Waals surface area contributed by atoms with Crippen molar-refractivity contribution < 1.29 is 14.3 Å². The van der Waals surface area contributed by atoms with Gasteiger partial charge < -0.3 is 9.47 Å². The number of methoxy groups -OCH3 is 1. The Kier molecular flexibility index (Phi) is 5.60. The maximum atomic E-state index is 13.6. The molecule has 0 N–H and O–H groups in total. The Morgan fingerprint density at radius 1 is 0.931 bits per heavy atom. The molecular weight excluding hydrogens is 382 g/mol. The maximum absolute atomic E-state index is 13.6. The molecule has 1 aliphatic heterocycles. The summed E-state index contributed by atoms with van der Waals surface area (Å²) >= 11 is 1.48. The quantitative estimate of drug-likeness (QED) is 0.395. The van der Waals surface area contributed by atoms with E-state index in [0.29, 0.717) is 6.61 Å². The van der Waals surface area contributed by atoms with Crippen LogP contribution in [0.5, 0.6) is 5.75 Å². The van der Waals surface area contributed by atoms with Gasteiger partial charge in [-0.25, -0.2) is 0 Å². The molecule has 1 aliphatic rings. The minimum atomic E-state index is -1.00. The highest BCUT2D eigenvalue weighted by atomic mass is 32.2. The van der Waals surface area contributed by atoms with E-state index in [0.717, 1.165) is 21.9 Å². The summed E-state index contributed by atoms with van der Waals surface area (Å²) in [5.41, 5.74) is 1.87. The van der Waals surface area contributed by atoms with Crippen LogP contribution in [0.15, 0.2) is 89.8 Å². The summed E-state index contributed by atoms with van der Waals surface area (Å²) in [7, 11) is 1.63. The van der Waals surface area contributed by atoms with E-state index >= 15 is 0 Å². The van der Waals surface area contributed by atoms with Gasteiger partial charge in [0.2, 0.25) is 4.93 Å². The fraction of sp³-hybridized carbons (Fsp3) is 0.208. The number of thioether (sulfide) groups is 1. The molecule has 1 saturated heterocycles. The normalized spacial score (nSPS) is 21.0. The van der Waals surface area contributed by atoms with Gasteiger partial charge in [-0.05, 0) is 48.9 Å². The summed E-state index contributed by atoms with van der Waals surface area (Å²) in [4.78, 5) is 15.4. The van der Waals surface area contributed by atoms with Crippen molar-refractivity contribution in [3.05, 3.63) is 90.5 Å². The average Bonchev–Trinajstić information content (AvgIpc) is 2.78. The molecule has 0 bridgehead atoms. The van der Waals surface area contributed by atoms with Crippen LogP contribution in [0.3, 0.4) is 0 Å². The molecule has 5 heteroatoms. The predicted octanol–water partition coefficient (Wildman–Crippen LogP) is 5.31. The lowest BCUT2D eigenvalue weighted by Gasteiger charge is -2.54. The zero-order valence-corrected chi connectivity index (χ0v) is 17.3. The molecule has 0 saturated carbocycles. The van der Waals surface area contributed by atoms with E-state index in [1.54, 1.807) is 7.11 Å². The van der Waals surface area contributed by atoms with Crippen molar-refractivity contribution in [2.45, 2.75) is 22.8 Å². The van der Waals surface area contributed by atoms with E-state index in [4.69, 9.17) is 9.47 Å². The second-order valence-electron chi connectivity index (χ2n) is 6.70. The Morgan fingerprint density at radius 3 is 2.14 bits per heavy atom. The summed E-state index contributed by atoms with van der Waals surface area (Å²) in [6, 6.07) is 27.3. The highest BCUT2D eigenvalue weighted by Crippen LogP contribution is 2.56. The average molecular weight is 406 g/mol. The van der Waals surface area contributed by atoms with E-state index in [1.165, 1.54) is 11.8 Å². The third kappa shape index (κ3) is 3.52. The van der Waals surface area contributed by atoms with Gasteiger partial charge in [0.15, 0.2) is 0 Å². The first kappa shape index (κ1) is 19.6. The Balaban J connectivity index is 1.78. The number of amides is 1. The molecule has 0 aromatic heterocycles. The molecule has 1 heterocycles. The van der Waals surface area contributed by atoms with Crippen molar-refractivity contribution in [3.8, 4) is 5.75 Å². The van der Waals surface area contributed by atoms with Crippen LogP contribution in [-0.2, 0) is 9.53 Å². The van der Waals surface area contributed by atoms with E-state index in [2.05, 4.69) is 0 Å². The number of nitrogens with zero attached hydrogens (tertiary/aromatic N) is 1. The molecule has 4 rings (SSSR count). The van der Waals surface area contributed by atoms with Crippen molar-refractivity contribution in [2.24, 2.45) is 0 Å². The van der Waals surface area contributed by atoms with Crippen LogP contribution < -0.4 is 9.64 Å². The number of benzene rings is 3. The topological polar surface area (TPSA) is 38.8 Å². The highest BCUT2D eigenvalue weighted by molar-refractivity contribution is 8.01. The minimum Gasteiger partial charge on any atom is -0.497 e. The van der Waals surface area contributed by atoms with Gasteiger partial charge in [-0.15, -0.1) is 0 Å². The van der Waals surface area contributed by atoms with Gasteiger partial charge in [-0.3, -0.25) is 9.69 Å². The highest BCUT2D eigenvalue weighted by Gasteiger charge is 2.64. The van der Waals surface area contributed by atoms with Crippen LogP contribution in [0.4, 0.5) is 5.69 Å². The van der Waals surface area contributed by atoms with Gasteiger partial charge >= 0.3 is 0 Å². The lowest BCUT2D eigenvalue weighted by molar-refractivity contribution is -0.147. The lowest BCUT2D eigenvalue weighted by atomic mass is 9.89. The van der Waals surface area contributed by atoms with Crippen LogP contribution >= 0.6 is 11.8 Å². The number of β-lactam (4-membered cyclic amide) rings is 1. The molecule has 0 aliphatic carbocycles. The van der Waals surface area contributed by atoms with Crippen LogP contribution in [0.1, 0.15) is 18.5 Å². The smallest absolute Gasteiger partial charge is 0.273 e. The van der Waals surface area contributed by atoms with E-state index in [9.17, 15) is 4.79 Å². The van der Waals surface area contributed by atoms with Crippen LogP contribution in [-0.4, -0.2) is 24.6 Å². The van der Waals surface area contributed by atoms with Crippen molar-refractivity contribution >= 4 is 23.4 Å². The summed E-state index contributed by atoms with van der Waals surface area (Å²) < 4.78 is 11.5. The monoisotopic (exact) mass is 405 g/mol. The molecule has 1 fully saturated rings. The fourth-order valence-corrected chi connectivity index (χ4v) is 5.03. The maximum Gasteiger partial charge on any atom is 0.273 e. The molecular formula is C24H23NO3S. The number of rotatable bonds is 7. The third-order valence-corrected chi connectivity index (χ3v) is 6.30. The number of carbonyl (C=O) groups excluding carboxylic acids is 1. The first-order valence-corrected chi connectivity index (χ1v) is 10.4. The number of hydrogen-bond acceptors (Lipinski definition) is 4. The van der Waals surface area contributed by atoms with Gasteiger partial charge in [-0.1, -0.05) is 60.3 Å². The van der Waals surface area contributed by atoms with Crippen molar-refractivity contribution in [2.75, 3.05) is 18.6 Å². The van der Waals surface area contributed by atoms with E-state index < -0.39 is 4.93 Å². The summed E-state index contributed by atoms with van der Waals surface area (Å²) in [6.07, 6.45) is 0. The van der Waals surface area contributed by atoms with Crippen LogP contribution in [0.25, 0.3) is 0 Å².